The van der Waals surface area contributed by atoms with Gasteiger partial charge in [-0.05, 0) is 12.0 Å². The first-order chi connectivity index (χ1) is 7.67. The Morgan fingerprint density at radius 2 is 1.50 bits per heavy atom. The van der Waals surface area contributed by atoms with Gasteiger partial charge >= 0.3 is 36.7 Å². The van der Waals surface area contributed by atoms with E-state index in [1.165, 1.54) is 0 Å². The third-order valence-electron chi connectivity index (χ3n) is 3.00. The van der Waals surface area contributed by atoms with Gasteiger partial charge in [0.25, 0.3) is 0 Å². The monoisotopic (exact) mass is 266 g/mol. The zero-order chi connectivity index (χ0) is 13.3. The Hall–Kier alpha value is -0.123. The predicted octanol–water partition coefficient (Wildman–Crippen LogP) is -0.934. The van der Waals surface area contributed by atoms with Gasteiger partial charge in [0, 0.05) is 0 Å². The number of hydrogen-bond donors (Lipinski definition) is 0. The number of rotatable bonds is 3. The normalized spacial score (nSPS) is 20.1. The fourth-order valence-corrected chi connectivity index (χ4v) is 2.05. The van der Waals surface area contributed by atoms with Crippen LogP contribution in [0.4, 0.5) is 22.0 Å². The minimum absolute atomic E-state index is 0. The van der Waals surface area contributed by atoms with Crippen molar-refractivity contribution in [3.8, 4) is 0 Å². The maximum atomic E-state index is 13.1. The van der Waals surface area contributed by atoms with Gasteiger partial charge in [-0.15, -0.1) is 0 Å². The van der Waals surface area contributed by atoms with Crippen LogP contribution in [0.5, 0.6) is 0 Å². The van der Waals surface area contributed by atoms with Crippen LogP contribution in [0, 0.1) is 5.92 Å². The molecule has 1 aliphatic rings. The Bertz CT molecular complexity index is 286. The quantitative estimate of drug-likeness (QED) is 0.489. The van der Waals surface area contributed by atoms with Gasteiger partial charge in [0.2, 0.25) is 0 Å². The fraction of sp³-hybridized carbons (Fsp3) is 0.900. The molecule has 1 rings (SSSR count). The van der Waals surface area contributed by atoms with Crippen LogP contribution in [-0.4, -0.2) is 24.0 Å². The van der Waals surface area contributed by atoms with Crippen LogP contribution < -0.4 is 24.0 Å². The van der Waals surface area contributed by atoms with Crippen molar-refractivity contribution in [3.05, 3.63) is 0 Å². The van der Waals surface area contributed by atoms with Crippen LogP contribution in [0.25, 0.3) is 0 Å². The molecule has 18 heavy (non-hydrogen) atoms. The van der Waals surface area contributed by atoms with E-state index in [1.54, 1.807) is 0 Å². The van der Waals surface area contributed by atoms with Crippen molar-refractivity contribution in [3.63, 3.8) is 0 Å². The van der Waals surface area contributed by atoms with Gasteiger partial charge < -0.3 is 5.11 Å². The van der Waals surface area contributed by atoms with Gasteiger partial charge in [0.15, 0.2) is 0 Å². The second-order valence-electron chi connectivity index (χ2n) is 4.27. The third kappa shape index (κ3) is 3.94. The molecule has 0 spiro atoms. The third-order valence-corrected chi connectivity index (χ3v) is 3.00. The summed E-state index contributed by atoms with van der Waals surface area (Å²) in [6.45, 7) is 0. The maximum Gasteiger partial charge on any atom is 1.00 e. The molecule has 0 aromatic heterocycles. The number of carbonyl (C=O) groups excluding carboxylic acids is 1. The van der Waals surface area contributed by atoms with Crippen LogP contribution in [0.15, 0.2) is 0 Å². The molecule has 0 amide bonds. The summed E-state index contributed by atoms with van der Waals surface area (Å²) in [7, 11) is 0. The zero-order valence-electron chi connectivity index (χ0n) is 9.90. The van der Waals surface area contributed by atoms with E-state index in [4.69, 9.17) is 0 Å². The minimum Gasteiger partial charge on any atom is -0.847 e. The number of alkyl halides is 5. The Morgan fingerprint density at radius 3 is 1.89 bits per heavy atom. The summed E-state index contributed by atoms with van der Waals surface area (Å²) in [6.07, 6.45) is -6.27. The van der Waals surface area contributed by atoms with E-state index in [0.717, 1.165) is 6.42 Å². The number of ketones is 1. The number of carbonyl (C=O) groups is 1. The molecular formula is C10H12F5LiO2. The molecular weight excluding hydrogens is 254 g/mol. The van der Waals surface area contributed by atoms with Crippen molar-refractivity contribution in [2.45, 2.75) is 50.3 Å². The van der Waals surface area contributed by atoms with Gasteiger partial charge in [-0.2, -0.15) is 22.0 Å². The van der Waals surface area contributed by atoms with E-state index in [2.05, 4.69) is 0 Å². The largest absolute Gasteiger partial charge is 1.00 e. The zero-order valence-corrected chi connectivity index (χ0v) is 9.90. The van der Waals surface area contributed by atoms with Crippen LogP contribution in [0.2, 0.25) is 0 Å². The SMILES string of the molecule is O=C(C(F)(F)F)C(F)(F)C([O-])C1CCCCC1.[Li+]. The molecule has 0 saturated heterocycles. The molecule has 8 heteroatoms. The molecule has 100 valence electrons. The van der Waals surface area contributed by atoms with Crippen LogP contribution >= 0.6 is 0 Å². The molecule has 1 saturated carbocycles. The molecule has 1 fully saturated rings. The van der Waals surface area contributed by atoms with E-state index in [-0.39, 0.29) is 31.7 Å². The van der Waals surface area contributed by atoms with E-state index < -0.39 is 29.9 Å². The summed E-state index contributed by atoms with van der Waals surface area (Å²) in [5, 5.41) is 11.3. The van der Waals surface area contributed by atoms with Crippen molar-refractivity contribution in [2.24, 2.45) is 5.92 Å². The van der Waals surface area contributed by atoms with Crippen molar-refractivity contribution in [1.29, 1.82) is 0 Å². The summed E-state index contributed by atoms with van der Waals surface area (Å²) >= 11 is 0. The molecule has 1 atom stereocenters. The number of Topliss-reactive ketones (excluding diaryl/α,β-unsaturated/α-hetero) is 1. The van der Waals surface area contributed by atoms with Gasteiger partial charge in [-0.25, -0.2) is 0 Å². The Morgan fingerprint density at radius 1 is 1.06 bits per heavy atom. The summed E-state index contributed by atoms with van der Waals surface area (Å²) < 4.78 is 61.9. The second-order valence-corrected chi connectivity index (χ2v) is 4.27. The Kier molecular flexibility index (Phi) is 6.31. The standard InChI is InChI=1S/C10H12F5O2.Li/c11-9(12,8(17)10(13,14)15)7(16)6-4-2-1-3-5-6;/h6-7H,1-5H2;/q-1;+1. The minimum atomic E-state index is -5.67. The smallest absolute Gasteiger partial charge is 0.847 e. The molecule has 0 bridgehead atoms. The molecule has 1 aliphatic carbocycles. The molecule has 0 aliphatic heterocycles. The molecule has 0 radical (unpaired) electrons. The van der Waals surface area contributed by atoms with Crippen molar-refractivity contribution in [2.75, 3.05) is 0 Å². The van der Waals surface area contributed by atoms with E-state index in [9.17, 15) is 31.9 Å². The molecule has 0 heterocycles. The predicted molar refractivity (Wildman–Crippen MR) is 46.4 cm³/mol. The van der Waals surface area contributed by atoms with Crippen LogP contribution in [-0.2, 0) is 4.79 Å². The average Bonchev–Trinajstić information content (AvgIpc) is 2.27. The van der Waals surface area contributed by atoms with Crippen LogP contribution in [0.3, 0.4) is 0 Å². The van der Waals surface area contributed by atoms with E-state index in [1.807, 2.05) is 0 Å². The first kappa shape index (κ1) is 17.9. The molecule has 2 nitrogen and oxygen atoms in total. The summed E-state index contributed by atoms with van der Waals surface area (Å²) in [4.78, 5) is 10.5. The summed E-state index contributed by atoms with van der Waals surface area (Å²) in [5.74, 6) is -9.14. The summed E-state index contributed by atoms with van der Waals surface area (Å²) in [5.41, 5.74) is 0. The number of hydrogen-bond acceptors (Lipinski definition) is 2. The molecule has 0 aromatic carbocycles. The van der Waals surface area contributed by atoms with Gasteiger partial charge in [-0.3, -0.25) is 4.79 Å². The second kappa shape index (κ2) is 6.35. The first-order valence-electron chi connectivity index (χ1n) is 5.32. The summed E-state index contributed by atoms with van der Waals surface area (Å²) in [6, 6.07) is 0. The van der Waals surface area contributed by atoms with Gasteiger partial charge in [0.05, 0.1) is 0 Å². The van der Waals surface area contributed by atoms with E-state index >= 15 is 0 Å². The maximum absolute atomic E-state index is 13.1. The van der Waals surface area contributed by atoms with Crippen molar-refractivity contribution in [1.82, 2.24) is 0 Å². The molecule has 1 unspecified atom stereocenters. The van der Waals surface area contributed by atoms with E-state index in [0.29, 0.717) is 12.8 Å². The fourth-order valence-electron chi connectivity index (χ4n) is 2.05. The molecule has 0 aromatic rings. The Balaban J connectivity index is 0.00000289. The van der Waals surface area contributed by atoms with Crippen LogP contribution in [0.1, 0.15) is 32.1 Å². The van der Waals surface area contributed by atoms with Gasteiger partial charge in [-0.1, -0.05) is 32.1 Å². The Labute approximate surface area is 113 Å². The van der Waals surface area contributed by atoms with Gasteiger partial charge in [0.1, 0.15) is 0 Å². The topological polar surface area (TPSA) is 40.1 Å². The van der Waals surface area contributed by atoms with Crippen molar-refractivity contribution < 1.29 is 50.7 Å². The number of halogens is 5. The molecule has 0 N–H and O–H groups in total. The average molecular weight is 266 g/mol. The first-order valence-corrected chi connectivity index (χ1v) is 5.32. The van der Waals surface area contributed by atoms with Crippen molar-refractivity contribution >= 4 is 5.78 Å².